The Bertz CT molecular complexity index is 692. The molecular formula is C19H21F2NO4. The molecule has 1 amide bonds. The fourth-order valence-electron chi connectivity index (χ4n) is 2.20. The topological polar surface area (TPSA) is 56.8 Å². The lowest BCUT2D eigenvalue weighted by atomic mass is 10.2. The second-order valence-corrected chi connectivity index (χ2v) is 5.28. The molecule has 2 aromatic carbocycles. The van der Waals surface area contributed by atoms with Crippen molar-refractivity contribution < 1.29 is 27.8 Å². The summed E-state index contributed by atoms with van der Waals surface area (Å²) in [6.45, 7) is -0.0826. The van der Waals surface area contributed by atoms with Crippen LogP contribution in [0.15, 0.2) is 48.5 Å². The third-order valence-corrected chi connectivity index (χ3v) is 3.33. The molecule has 0 atom stereocenters. The predicted molar refractivity (Wildman–Crippen MR) is 94.0 cm³/mol. The van der Waals surface area contributed by atoms with Gasteiger partial charge in [0.05, 0.1) is 18.9 Å². The largest absolute Gasteiger partial charge is 0.494 e. The van der Waals surface area contributed by atoms with Crippen LogP contribution in [0.4, 0.5) is 14.5 Å². The van der Waals surface area contributed by atoms with Crippen LogP contribution in [0.5, 0.6) is 17.2 Å². The standard InChI is InChI=1S/C19H21F2NO4/c1-2-24-14-9-11-15(12-10-14)25-13-5-8-18(23)22-16-6-3-4-7-17(16)26-19(20)21/h3-4,6-7,9-12,19H,2,5,8,13H2,1H3,(H,22,23). The summed E-state index contributed by atoms with van der Waals surface area (Å²) in [5.74, 6) is 1.08. The normalized spacial score (nSPS) is 10.5. The van der Waals surface area contributed by atoms with Crippen molar-refractivity contribution in [1.82, 2.24) is 0 Å². The van der Waals surface area contributed by atoms with Crippen LogP contribution >= 0.6 is 0 Å². The smallest absolute Gasteiger partial charge is 0.387 e. The van der Waals surface area contributed by atoms with E-state index < -0.39 is 6.61 Å². The number of benzene rings is 2. The maximum Gasteiger partial charge on any atom is 0.387 e. The van der Waals surface area contributed by atoms with Crippen LogP contribution in [0.25, 0.3) is 0 Å². The van der Waals surface area contributed by atoms with Crippen molar-refractivity contribution in [3.8, 4) is 17.2 Å². The summed E-state index contributed by atoms with van der Waals surface area (Å²) in [4.78, 5) is 12.0. The summed E-state index contributed by atoms with van der Waals surface area (Å²) in [5, 5.41) is 2.57. The highest BCUT2D eigenvalue weighted by atomic mass is 19.3. The molecule has 0 aliphatic rings. The van der Waals surface area contributed by atoms with Gasteiger partial charge in [-0.3, -0.25) is 4.79 Å². The van der Waals surface area contributed by atoms with E-state index >= 15 is 0 Å². The average molecular weight is 365 g/mol. The summed E-state index contributed by atoms with van der Waals surface area (Å²) in [6, 6.07) is 13.3. The van der Waals surface area contributed by atoms with E-state index in [2.05, 4.69) is 10.1 Å². The van der Waals surface area contributed by atoms with Crippen molar-refractivity contribution in [1.29, 1.82) is 0 Å². The second-order valence-electron chi connectivity index (χ2n) is 5.28. The quantitative estimate of drug-likeness (QED) is 0.631. The minimum Gasteiger partial charge on any atom is -0.494 e. The van der Waals surface area contributed by atoms with Crippen LogP contribution in [-0.2, 0) is 4.79 Å². The van der Waals surface area contributed by atoms with E-state index in [0.29, 0.717) is 25.4 Å². The maximum absolute atomic E-state index is 12.4. The minimum atomic E-state index is -2.95. The number of alkyl halides is 2. The van der Waals surface area contributed by atoms with Crippen molar-refractivity contribution in [2.24, 2.45) is 0 Å². The molecule has 0 radical (unpaired) electrons. The summed E-state index contributed by atoms with van der Waals surface area (Å²) < 4.78 is 40.0. The average Bonchev–Trinajstić information content (AvgIpc) is 2.62. The number of ether oxygens (including phenoxy) is 3. The first-order valence-electron chi connectivity index (χ1n) is 8.28. The zero-order valence-electron chi connectivity index (χ0n) is 14.4. The summed E-state index contributed by atoms with van der Waals surface area (Å²) >= 11 is 0. The minimum absolute atomic E-state index is 0.0681. The van der Waals surface area contributed by atoms with E-state index in [9.17, 15) is 13.6 Å². The fraction of sp³-hybridized carbons (Fsp3) is 0.316. The highest BCUT2D eigenvalue weighted by molar-refractivity contribution is 5.92. The van der Waals surface area contributed by atoms with Gasteiger partial charge in [0, 0.05) is 6.42 Å². The lowest BCUT2D eigenvalue weighted by molar-refractivity contribution is -0.116. The molecular weight excluding hydrogens is 344 g/mol. The lowest BCUT2D eigenvalue weighted by Crippen LogP contribution is -2.14. The van der Waals surface area contributed by atoms with Gasteiger partial charge in [-0.1, -0.05) is 12.1 Å². The Balaban J connectivity index is 1.74. The van der Waals surface area contributed by atoms with Crippen LogP contribution in [0, 0.1) is 0 Å². The van der Waals surface area contributed by atoms with E-state index in [4.69, 9.17) is 9.47 Å². The molecule has 0 aromatic heterocycles. The fourth-order valence-corrected chi connectivity index (χ4v) is 2.20. The number of hydrogen-bond acceptors (Lipinski definition) is 4. The van der Waals surface area contributed by atoms with Crippen LogP contribution < -0.4 is 19.5 Å². The number of nitrogens with one attached hydrogen (secondary N) is 1. The Kier molecular flexibility index (Phi) is 7.67. The van der Waals surface area contributed by atoms with Crippen LogP contribution in [0.1, 0.15) is 19.8 Å². The first-order chi connectivity index (χ1) is 12.6. The van der Waals surface area contributed by atoms with Crippen LogP contribution in [0.2, 0.25) is 0 Å². The number of amides is 1. The Labute approximate surface area is 150 Å². The van der Waals surface area contributed by atoms with Crippen molar-refractivity contribution >= 4 is 11.6 Å². The number of anilines is 1. The number of para-hydroxylation sites is 2. The third-order valence-electron chi connectivity index (χ3n) is 3.33. The van der Waals surface area contributed by atoms with E-state index in [1.807, 2.05) is 19.1 Å². The van der Waals surface area contributed by atoms with Gasteiger partial charge in [0.1, 0.15) is 17.2 Å². The molecule has 0 bridgehead atoms. The van der Waals surface area contributed by atoms with Gasteiger partial charge in [-0.15, -0.1) is 0 Å². The highest BCUT2D eigenvalue weighted by Gasteiger charge is 2.11. The number of carbonyl (C=O) groups excluding carboxylic acids is 1. The van der Waals surface area contributed by atoms with Crippen molar-refractivity contribution in [3.63, 3.8) is 0 Å². The first-order valence-corrected chi connectivity index (χ1v) is 8.28. The van der Waals surface area contributed by atoms with Gasteiger partial charge in [0.25, 0.3) is 0 Å². The zero-order chi connectivity index (χ0) is 18.8. The van der Waals surface area contributed by atoms with Gasteiger partial charge in [-0.05, 0) is 49.7 Å². The molecule has 26 heavy (non-hydrogen) atoms. The number of hydrogen-bond donors (Lipinski definition) is 1. The molecule has 0 saturated heterocycles. The third kappa shape index (κ3) is 6.58. The van der Waals surface area contributed by atoms with Gasteiger partial charge in [-0.2, -0.15) is 8.78 Å². The summed E-state index contributed by atoms with van der Waals surface area (Å²) in [7, 11) is 0. The van der Waals surface area contributed by atoms with Crippen LogP contribution in [0.3, 0.4) is 0 Å². The predicted octanol–water partition coefficient (Wildman–Crippen LogP) is 4.48. The van der Waals surface area contributed by atoms with Gasteiger partial charge in [-0.25, -0.2) is 0 Å². The summed E-state index contributed by atoms with van der Waals surface area (Å²) in [5.41, 5.74) is 0.213. The lowest BCUT2D eigenvalue weighted by Gasteiger charge is -2.12. The molecule has 140 valence electrons. The summed E-state index contributed by atoms with van der Waals surface area (Å²) in [6.07, 6.45) is 0.678. The van der Waals surface area contributed by atoms with Crippen LogP contribution in [-0.4, -0.2) is 25.7 Å². The molecule has 2 rings (SSSR count). The van der Waals surface area contributed by atoms with Gasteiger partial charge < -0.3 is 19.5 Å². The van der Waals surface area contributed by atoms with E-state index in [0.717, 1.165) is 5.75 Å². The molecule has 0 aliphatic carbocycles. The molecule has 5 nitrogen and oxygen atoms in total. The SMILES string of the molecule is CCOc1ccc(OCCCC(=O)Nc2ccccc2OC(F)F)cc1. The molecule has 7 heteroatoms. The molecule has 0 heterocycles. The second kappa shape index (κ2) is 10.2. The van der Waals surface area contributed by atoms with Crippen molar-refractivity contribution in [3.05, 3.63) is 48.5 Å². The number of halogens is 2. The number of rotatable bonds is 10. The highest BCUT2D eigenvalue weighted by Crippen LogP contribution is 2.25. The monoisotopic (exact) mass is 365 g/mol. The Morgan fingerprint density at radius 1 is 1.04 bits per heavy atom. The molecule has 0 aliphatic heterocycles. The maximum atomic E-state index is 12.4. The van der Waals surface area contributed by atoms with E-state index in [1.165, 1.54) is 12.1 Å². The Hall–Kier alpha value is -2.83. The zero-order valence-corrected chi connectivity index (χ0v) is 14.4. The molecule has 0 fully saturated rings. The number of carbonyl (C=O) groups is 1. The van der Waals surface area contributed by atoms with Gasteiger partial charge in [0.2, 0.25) is 5.91 Å². The van der Waals surface area contributed by atoms with Gasteiger partial charge in [0.15, 0.2) is 0 Å². The first kappa shape index (κ1) is 19.5. The van der Waals surface area contributed by atoms with Gasteiger partial charge >= 0.3 is 6.61 Å². The molecule has 1 N–H and O–H groups in total. The van der Waals surface area contributed by atoms with E-state index in [-0.39, 0.29) is 23.8 Å². The molecule has 0 spiro atoms. The van der Waals surface area contributed by atoms with Crippen molar-refractivity contribution in [2.75, 3.05) is 18.5 Å². The van der Waals surface area contributed by atoms with Crippen molar-refractivity contribution in [2.45, 2.75) is 26.4 Å². The molecule has 0 saturated carbocycles. The molecule has 2 aromatic rings. The Morgan fingerprint density at radius 2 is 1.69 bits per heavy atom. The van der Waals surface area contributed by atoms with E-state index in [1.54, 1.807) is 24.3 Å². The molecule has 0 unspecified atom stereocenters. The Morgan fingerprint density at radius 3 is 2.35 bits per heavy atom.